The predicted octanol–water partition coefficient (Wildman–Crippen LogP) is 4.24. The van der Waals surface area contributed by atoms with E-state index in [0.29, 0.717) is 11.3 Å². The Morgan fingerprint density at radius 2 is 2.29 bits per heavy atom. The van der Waals surface area contributed by atoms with Crippen molar-refractivity contribution in [2.24, 2.45) is 11.3 Å². The maximum atomic E-state index is 10.1. The van der Waals surface area contributed by atoms with Gasteiger partial charge in [0.1, 0.15) is 4.34 Å². The van der Waals surface area contributed by atoms with Crippen LogP contribution in [0.25, 0.3) is 0 Å². The molecule has 1 saturated carbocycles. The van der Waals surface area contributed by atoms with Gasteiger partial charge in [-0.3, -0.25) is 0 Å². The van der Waals surface area contributed by atoms with Gasteiger partial charge in [0, 0.05) is 9.35 Å². The molecule has 0 saturated heterocycles. The Morgan fingerprint density at radius 1 is 1.71 bits per heavy atom. The molecule has 1 nitrogen and oxygen atoms in total. The molecule has 1 aliphatic rings. The zero-order valence-electron chi connectivity index (χ0n) is 8.05. The topological polar surface area (TPSA) is 20.2 Å². The number of thiophene rings is 1. The summed E-state index contributed by atoms with van der Waals surface area (Å²) in [4.78, 5) is 0.970. The van der Waals surface area contributed by atoms with Gasteiger partial charge in [0.05, 0.1) is 6.10 Å². The Hall–Kier alpha value is 0.430. The molecule has 1 N–H and O–H groups in total. The molecule has 0 amide bonds. The summed E-state index contributed by atoms with van der Waals surface area (Å²) in [5, 5.41) is 10.1. The molecule has 0 spiro atoms. The normalized spacial score (nSPS) is 26.2. The first-order valence-corrected chi connectivity index (χ1v) is 6.53. The highest BCUT2D eigenvalue weighted by Crippen LogP contribution is 2.58. The van der Waals surface area contributed by atoms with E-state index in [-0.39, 0.29) is 6.10 Å². The van der Waals surface area contributed by atoms with Gasteiger partial charge in [-0.25, -0.2) is 0 Å². The van der Waals surface area contributed by atoms with E-state index in [1.54, 1.807) is 0 Å². The van der Waals surface area contributed by atoms with Gasteiger partial charge in [-0.1, -0.05) is 25.4 Å². The van der Waals surface area contributed by atoms with Crippen LogP contribution in [-0.2, 0) is 0 Å². The lowest BCUT2D eigenvalue weighted by molar-refractivity contribution is 0.142. The maximum Gasteiger partial charge on any atom is 0.107 e. The lowest BCUT2D eigenvalue weighted by Crippen LogP contribution is -2.02. The Bertz CT molecular complexity index is 342. The number of aliphatic hydroxyl groups excluding tert-OH is 1. The highest BCUT2D eigenvalue weighted by atomic mass is 79.9. The van der Waals surface area contributed by atoms with Crippen LogP contribution in [0.2, 0.25) is 4.34 Å². The van der Waals surface area contributed by atoms with E-state index in [1.165, 1.54) is 11.3 Å². The Morgan fingerprint density at radius 3 is 2.64 bits per heavy atom. The van der Waals surface area contributed by atoms with Gasteiger partial charge in [-0.15, -0.1) is 11.3 Å². The van der Waals surface area contributed by atoms with Crippen LogP contribution in [0.5, 0.6) is 0 Å². The lowest BCUT2D eigenvalue weighted by Gasteiger charge is -2.09. The van der Waals surface area contributed by atoms with Crippen LogP contribution in [-0.4, -0.2) is 5.11 Å². The van der Waals surface area contributed by atoms with Crippen LogP contribution >= 0.6 is 38.9 Å². The molecule has 1 heterocycles. The highest BCUT2D eigenvalue weighted by molar-refractivity contribution is 9.10. The van der Waals surface area contributed by atoms with E-state index >= 15 is 0 Å². The molecule has 2 atom stereocenters. The number of halogens is 2. The molecule has 2 rings (SSSR count). The second-order valence-electron chi connectivity index (χ2n) is 4.51. The van der Waals surface area contributed by atoms with Crippen LogP contribution in [0.1, 0.15) is 31.2 Å². The number of hydrogen-bond acceptors (Lipinski definition) is 2. The highest BCUT2D eigenvalue weighted by Gasteiger charge is 2.50. The van der Waals surface area contributed by atoms with Gasteiger partial charge in [0.2, 0.25) is 0 Å². The largest absolute Gasteiger partial charge is 0.387 e. The molecule has 0 radical (unpaired) electrons. The van der Waals surface area contributed by atoms with Gasteiger partial charge in [0.25, 0.3) is 0 Å². The first-order chi connectivity index (χ1) is 6.42. The molecule has 4 heteroatoms. The zero-order chi connectivity index (χ0) is 10.5. The van der Waals surface area contributed by atoms with E-state index in [2.05, 4.69) is 29.8 Å². The van der Waals surface area contributed by atoms with Crippen molar-refractivity contribution in [2.45, 2.75) is 26.4 Å². The van der Waals surface area contributed by atoms with Crippen molar-refractivity contribution in [3.63, 3.8) is 0 Å². The summed E-state index contributed by atoms with van der Waals surface area (Å²) in [6, 6.07) is 1.92. The molecule has 14 heavy (non-hydrogen) atoms. The molecule has 0 bridgehead atoms. The quantitative estimate of drug-likeness (QED) is 0.865. The molecular formula is C10H12BrClOS. The average molecular weight is 296 g/mol. The van der Waals surface area contributed by atoms with Crippen LogP contribution < -0.4 is 0 Å². The van der Waals surface area contributed by atoms with Crippen molar-refractivity contribution in [2.75, 3.05) is 0 Å². The standard InChI is InChI=1S/C10H12BrClOS/c1-10(2)4-5(10)8(13)7-3-6(11)9(12)14-7/h3,5,8,13H,4H2,1-2H3. The van der Waals surface area contributed by atoms with E-state index < -0.39 is 0 Å². The molecular weight excluding hydrogens is 284 g/mol. The first kappa shape index (κ1) is 10.9. The molecule has 0 aliphatic heterocycles. The van der Waals surface area contributed by atoms with Gasteiger partial charge in [-0.05, 0) is 39.8 Å². The fourth-order valence-electron chi connectivity index (χ4n) is 1.75. The molecule has 1 aromatic heterocycles. The minimum Gasteiger partial charge on any atom is -0.387 e. The summed E-state index contributed by atoms with van der Waals surface area (Å²) >= 11 is 10.7. The van der Waals surface area contributed by atoms with Crippen LogP contribution in [0.3, 0.4) is 0 Å². The fourth-order valence-corrected chi connectivity index (χ4v) is 3.54. The van der Waals surface area contributed by atoms with Crippen molar-refractivity contribution in [1.82, 2.24) is 0 Å². The molecule has 1 aromatic rings. The third-order valence-electron chi connectivity index (χ3n) is 2.93. The summed E-state index contributed by atoms with van der Waals surface area (Å²) in [6.45, 7) is 4.37. The van der Waals surface area contributed by atoms with Gasteiger partial charge < -0.3 is 5.11 Å². The predicted molar refractivity (Wildman–Crippen MR) is 63.9 cm³/mol. The molecule has 78 valence electrons. The molecule has 1 fully saturated rings. The SMILES string of the molecule is CC1(C)CC1C(O)c1cc(Br)c(Cl)s1. The van der Waals surface area contributed by atoms with Gasteiger partial charge in [-0.2, -0.15) is 0 Å². The number of hydrogen-bond donors (Lipinski definition) is 1. The smallest absolute Gasteiger partial charge is 0.107 e. The second kappa shape index (κ2) is 3.48. The lowest BCUT2D eigenvalue weighted by atomic mass is 10.1. The van der Waals surface area contributed by atoms with Crippen molar-refractivity contribution < 1.29 is 5.11 Å². The van der Waals surface area contributed by atoms with Gasteiger partial charge >= 0.3 is 0 Å². The zero-order valence-corrected chi connectivity index (χ0v) is 11.2. The Kier molecular flexibility index (Phi) is 2.71. The van der Waals surface area contributed by atoms with Crippen LogP contribution in [0, 0.1) is 11.3 Å². The Labute approximate surface area is 101 Å². The Balaban J connectivity index is 2.16. The van der Waals surface area contributed by atoms with E-state index in [4.69, 9.17) is 11.6 Å². The second-order valence-corrected chi connectivity index (χ2v) is 7.05. The van der Waals surface area contributed by atoms with E-state index in [9.17, 15) is 5.11 Å². The van der Waals surface area contributed by atoms with E-state index in [1.807, 2.05) is 6.07 Å². The third-order valence-corrected chi connectivity index (χ3v) is 5.47. The van der Waals surface area contributed by atoms with Gasteiger partial charge in [0.15, 0.2) is 0 Å². The van der Waals surface area contributed by atoms with Crippen molar-refractivity contribution in [3.05, 3.63) is 19.8 Å². The summed E-state index contributed by atoms with van der Waals surface area (Å²) in [5.41, 5.74) is 0.294. The molecule has 2 unspecified atom stereocenters. The summed E-state index contributed by atoms with van der Waals surface area (Å²) < 4.78 is 1.61. The van der Waals surface area contributed by atoms with E-state index in [0.717, 1.165) is 20.1 Å². The fraction of sp³-hybridized carbons (Fsp3) is 0.600. The van der Waals surface area contributed by atoms with Crippen molar-refractivity contribution in [3.8, 4) is 0 Å². The third kappa shape index (κ3) is 1.87. The monoisotopic (exact) mass is 294 g/mol. The molecule has 0 aromatic carbocycles. The minimum absolute atomic E-state index is 0.294. The maximum absolute atomic E-state index is 10.1. The average Bonchev–Trinajstić information content (AvgIpc) is 2.59. The van der Waals surface area contributed by atoms with Crippen LogP contribution in [0.15, 0.2) is 10.5 Å². The number of aliphatic hydroxyl groups is 1. The summed E-state index contributed by atoms with van der Waals surface area (Å²) in [5.74, 6) is 0.393. The summed E-state index contributed by atoms with van der Waals surface area (Å²) in [6.07, 6.45) is 0.750. The number of rotatable bonds is 2. The van der Waals surface area contributed by atoms with Crippen molar-refractivity contribution in [1.29, 1.82) is 0 Å². The van der Waals surface area contributed by atoms with Crippen LogP contribution in [0.4, 0.5) is 0 Å². The minimum atomic E-state index is -0.348. The first-order valence-electron chi connectivity index (χ1n) is 4.54. The van der Waals surface area contributed by atoms with Crippen molar-refractivity contribution >= 4 is 38.9 Å². The molecule has 1 aliphatic carbocycles. The summed E-state index contributed by atoms with van der Waals surface area (Å²) in [7, 11) is 0.